The Morgan fingerprint density at radius 3 is 2.19 bits per heavy atom. The van der Waals surface area contributed by atoms with E-state index < -0.39 is 0 Å². The third kappa shape index (κ3) is 6.12. The summed E-state index contributed by atoms with van der Waals surface area (Å²) in [6, 6.07) is 26.6. The summed E-state index contributed by atoms with van der Waals surface area (Å²) in [5.74, 6) is 1.09. The van der Waals surface area contributed by atoms with E-state index in [2.05, 4.69) is 55.6 Å². The van der Waals surface area contributed by atoms with Gasteiger partial charge < -0.3 is 19.5 Å². The molecular weight excluding hydrogens is 462 g/mol. The molecule has 5 nitrogen and oxygen atoms in total. The number of hydrogen-bond donors (Lipinski definition) is 1. The minimum atomic E-state index is -0.363. The molecule has 192 valence electrons. The van der Waals surface area contributed by atoms with E-state index in [1.54, 1.807) is 20.3 Å². The van der Waals surface area contributed by atoms with Gasteiger partial charge in [-0.25, -0.2) is 4.79 Å². The molecule has 0 saturated carbocycles. The lowest BCUT2D eigenvalue weighted by molar-refractivity contribution is 0.0377. The number of benzene rings is 4. The first-order valence-electron chi connectivity index (χ1n) is 12.6. The molecule has 4 rings (SSSR count). The van der Waals surface area contributed by atoms with Gasteiger partial charge in [0.05, 0.1) is 25.9 Å². The Morgan fingerprint density at radius 1 is 0.730 bits per heavy atom. The maximum Gasteiger partial charge on any atom is 0.338 e. The first-order valence-corrected chi connectivity index (χ1v) is 12.6. The molecule has 0 spiro atoms. The molecule has 0 radical (unpaired) electrons. The van der Waals surface area contributed by atoms with Crippen molar-refractivity contribution < 1.29 is 19.0 Å². The number of carbonyl (C=O) groups excluding carboxylic acids is 1. The van der Waals surface area contributed by atoms with E-state index in [4.69, 9.17) is 14.2 Å². The summed E-state index contributed by atoms with van der Waals surface area (Å²) >= 11 is 0. The molecule has 4 aromatic carbocycles. The third-order valence-electron chi connectivity index (χ3n) is 6.51. The standard InChI is InChI=1S/C32H35NO4/c1-20(2)37-32(34)27-15-26(17-29(18-27)36-6)31-19-25(14-24-10-7-8-13-30(24)31)22(4)33-21(3)23-11-9-12-28(16-23)35-5/h7-22,33H,1-6H3/t21-,22?/m1/s1. The Balaban J connectivity index is 1.75. The van der Waals surface area contributed by atoms with Crippen LogP contribution in [0.25, 0.3) is 21.9 Å². The zero-order chi connectivity index (χ0) is 26.5. The van der Waals surface area contributed by atoms with E-state index >= 15 is 0 Å². The van der Waals surface area contributed by atoms with Crippen LogP contribution in [0.5, 0.6) is 11.5 Å². The van der Waals surface area contributed by atoms with Crippen molar-refractivity contribution in [2.45, 2.75) is 45.9 Å². The highest BCUT2D eigenvalue weighted by atomic mass is 16.5. The van der Waals surface area contributed by atoms with Crippen LogP contribution in [0.15, 0.2) is 78.9 Å². The van der Waals surface area contributed by atoms with Crippen molar-refractivity contribution >= 4 is 16.7 Å². The van der Waals surface area contributed by atoms with Crippen molar-refractivity contribution in [1.82, 2.24) is 5.32 Å². The fourth-order valence-corrected chi connectivity index (χ4v) is 4.57. The molecule has 1 unspecified atom stereocenters. The van der Waals surface area contributed by atoms with Gasteiger partial charge >= 0.3 is 5.97 Å². The van der Waals surface area contributed by atoms with Crippen LogP contribution in [-0.4, -0.2) is 26.3 Å². The molecule has 0 aliphatic heterocycles. The van der Waals surface area contributed by atoms with Crippen molar-refractivity contribution in [2.75, 3.05) is 14.2 Å². The molecule has 4 aromatic rings. The van der Waals surface area contributed by atoms with E-state index in [0.717, 1.165) is 38.8 Å². The average molecular weight is 498 g/mol. The van der Waals surface area contributed by atoms with E-state index in [-0.39, 0.29) is 24.2 Å². The van der Waals surface area contributed by atoms with Gasteiger partial charge in [0, 0.05) is 12.1 Å². The minimum Gasteiger partial charge on any atom is -0.497 e. The van der Waals surface area contributed by atoms with E-state index in [1.807, 2.05) is 50.2 Å². The second-order valence-electron chi connectivity index (χ2n) is 9.58. The molecule has 37 heavy (non-hydrogen) atoms. The number of hydrogen-bond acceptors (Lipinski definition) is 5. The average Bonchev–Trinajstić information content (AvgIpc) is 2.91. The first kappa shape index (κ1) is 26.2. The number of ether oxygens (including phenoxy) is 3. The predicted molar refractivity (Wildman–Crippen MR) is 149 cm³/mol. The SMILES string of the molecule is COc1cc(C(=O)OC(C)C)cc(-c2cc(C(C)N[C@H](C)c3cccc(OC)c3)cc3ccccc23)c1. The second-order valence-corrected chi connectivity index (χ2v) is 9.58. The predicted octanol–water partition coefficient (Wildman–Crippen LogP) is 7.50. The van der Waals surface area contributed by atoms with Crippen LogP contribution in [0.3, 0.4) is 0 Å². The highest BCUT2D eigenvalue weighted by Crippen LogP contribution is 2.35. The lowest BCUT2D eigenvalue weighted by Crippen LogP contribution is -2.22. The fourth-order valence-electron chi connectivity index (χ4n) is 4.57. The Morgan fingerprint density at radius 2 is 1.46 bits per heavy atom. The molecule has 0 bridgehead atoms. The third-order valence-corrected chi connectivity index (χ3v) is 6.51. The molecule has 0 saturated heterocycles. The van der Waals surface area contributed by atoms with E-state index in [0.29, 0.717) is 11.3 Å². The van der Waals surface area contributed by atoms with Crippen molar-refractivity contribution in [3.63, 3.8) is 0 Å². The van der Waals surface area contributed by atoms with Crippen LogP contribution < -0.4 is 14.8 Å². The lowest BCUT2D eigenvalue weighted by Gasteiger charge is -2.23. The molecule has 2 atom stereocenters. The van der Waals surface area contributed by atoms with Gasteiger partial charge in [0.25, 0.3) is 0 Å². The van der Waals surface area contributed by atoms with Gasteiger partial charge in [-0.15, -0.1) is 0 Å². The molecule has 5 heteroatoms. The number of nitrogens with one attached hydrogen (secondary N) is 1. The van der Waals surface area contributed by atoms with Crippen molar-refractivity contribution in [1.29, 1.82) is 0 Å². The maximum atomic E-state index is 12.8. The summed E-state index contributed by atoms with van der Waals surface area (Å²) < 4.78 is 16.4. The Labute approximate surface area is 219 Å². The van der Waals surface area contributed by atoms with Crippen LogP contribution in [0, 0.1) is 0 Å². The number of esters is 1. The Bertz CT molecular complexity index is 1390. The van der Waals surface area contributed by atoms with Gasteiger partial charge in [-0.05, 0) is 103 Å². The van der Waals surface area contributed by atoms with Crippen molar-refractivity contribution in [2.24, 2.45) is 0 Å². The summed E-state index contributed by atoms with van der Waals surface area (Å²) in [6.07, 6.45) is -0.204. The number of carbonyl (C=O) groups is 1. The highest BCUT2D eigenvalue weighted by molar-refractivity contribution is 5.99. The number of fused-ring (bicyclic) bond motifs is 1. The van der Waals surface area contributed by atoms with Crippen molar-refractivity contribution in [3.8, 4) is 22.6 Å². The maximum absolute atomic E-state index is 12.8. The lowest BCUT2D eigenvalue weighted by atomic mass is 9.92. The summed E-state index contributed by atoms with van der Waals surface area (Å²) in [5, 5.41) is 5.96. The van der Waals surface area contributed by atoms with E-state index in [9.17, 15) is 4.79 Å². The monoisotopic (exact) mass is 497 g/mol. The fraction of sp³-hybridized carbons (Fsp3) is 0.281. The second kappa shape index (κ2) is 11.5. The minimum absolute atomic E-state index is 0.0699. The van der Waals surface area contributed by atoms with Crippen LogP contribution in [0.4, 0.5) is 0 Å². The van der Waals surface area contributed by atoms with Crippen molar-refractivity contribution in [3.05, 3.63) is 95.6 Å². The molecule has 0 aliphatic rings. The molecule has 1 N–H and O–H groups in total. The normalized spacial score (nSPS) is 12.8. The number of rotatable bonds is 9. The van der Waals surface area contributed by atoms with Crippen LogP contribution in [0.1, 0.15) is 61.3 Å². The van der Waals surface area contributed by atoms with E-state index in [1.165, 1.54) is 0 Å². The summed E-state index contributed by atoms with van der Waals surface area (Å²) in [5.41, 5.74) is 4.72. The number of methoxy groups -OCH3 is 2. The molecule has 0 fully saturated rings. The van der Waals surface area contributed by atoms with Gasteiger partial charge in [-0.2, -0.15) is 0 Å². The first-order chi connectivity index (χ1) is 17.8. The van der Waals surface area contributed by atoms with Gasteiger partial charge in [0.2, 0.25) is 0 Å². The smallest absolute Gasteiger partial charge is 0.338 e. The Kier molecular flexibility index (Phi) is 8.14. The molecule has 0 amide bonds. The molecule has 0 aliphatic carbocycles. The van der Waals surface area contributed by atoms with Crippen LogP contribution in [-0.2, 0) is 4.74 Å². The van der Waals surface area contributed by atoms with Crippen LogP contribution >= 0.6 is 0 Å². The summed E-state index contributed by atoms with van der Waals surface area (Å²) in [7, 11) is 3.29. The zero-order valence-corrected chi connectivity index (χ0v) is 22.4. The largest absolute Gasteiger partial charge is 0.497 e. The van der Waals surface area contributed by atoms with Gasteiger partial charge in [-0.1, -0.05) is 36.4 Å². The zero-order valence-electron chi connectivity index (χ0n) is 22.4. The van der Waals surface area contributed by atoms with Gasteiger partial charge in [0.1, 0.15) is 11.5 Å². The summed E-state index contributed by atoms with van der Waals surface area (Å²) in [6.45, 7) is 8.01. The van der Waals surface area contributed by atoms with Gasteiger partial charge in [0.15, 0.2) is 0 Å². The Hall–Kier alpha value is -3.83. The van der Waals surface area contributed by atoms with Gasteiger partial charge in [-0.3, -0.25) is 0 Å². The molecule has 0 aromatic heterocycles. The molecular formula is C32H35NO4. The highest BCUT2D eigenvalue weighted by Gasteiger charge is 2.17. The molecule has 0 heterocycles. The topological polar surface area (TPSA) is 56.8 Å². The van der Waals surface area contributed by atoms with Crippen LogP contribution in [0.2, 0.25) is 0 Å². The quantitative estimate of drug-likeness (QED) is 0.243. The summed E-state index contributed by atoms with van der Waals surface area (Å²) in [4.78, 5) is 12.8.